The second-order valence-corrected chi connectivity index (χ2v) is 9.37. The van der Waals surface area contributed by atoms with Gasteiger partial charge in [-0.3, -0.25) is 4.79 Å². The molecule has 0 aliphatic carbocycles. The molecule has 0 unspecified atom stereocenters. The third-order valence-corrected chi connectivity index (χ3v) is 7.38. The first-order valence-corrected chi connectivity index (χ1v) is 11.7. The van der Waals surface area contributed by atoms with Crippen LogP contribution in [0.5, 0.6) is 0 Å². The number of esters is 3. The van der Waals surface area contributed by atoms with Crippen molar-refractivity contribution in [3.05, 3.63) is 65.2 Å². The molecule has 0 bridgehead atoms. The number of sulfonamides is 1. The van der Waals surface area contributed by atoms with Gasteiger partial charge in [0.1, 0.15) is 6.61 Å². The lowest BCUT2D eigenvalue weighted by molar-refractivity contribution is -0.151. The lowest BCUT2D eigenvalue weighted by atomic mass is 9.98. The third kappa shape index (κ3) is 5.58. The minimum Gasteiger partial charge on any atom is -0.465 e. The van der Waals surface area contributed by atoms with Crippen LogP contribution in [0.1, 0.15) is 39.1 Å². The van der Waals surface area contributed by atoms with Crippen molar-refractivity contribution in [3.8, 4) is 0 Å². The Labute approximate surface area is 192 Å². The van der Waals surface area contributed by atoms with Crippen LogP contribution in [-0.2, 0) is 35.6 Å². The van der Waals surface area contributed by atoms with Gasteiger partial charge in [0.2, 0.25) is 10.0 Å². The summed E-state index contributed by atoms with van der Waals surface area (Å²) >= 11 is 0. The highest BCUT2D eigenvalue weighted by Crippen LogP contribution is 2.27. The molecule has 0 spiro atoms. The van der Waals surface area contributed by atoms with Crippen molar-refractivity contribution >= 4 is 27.9 Å². The molecule has 1 heterocycles. The number of carbonyl (C=O) groups excluding carboxylic acids is 3. The molecule has 0 saturated carbocycles. The zero-order valence-electron chi connectivity index (χ0n) is 18.4. The highest BCUT2D eigenvalue weighted by Gasteiger charge is 2.34. The Morgan fingerprint density at radius 3 is 2.27 bits per heavy atom. The van der Waals surface area contributed by atoms with E-state index >= 15 is 0 Å². The zero-order valence-corrected chi connectivity index (χ0v) is 19.2. The standard InChI is InChI=1S/C23H25NO8S/c1-30-21(25)18-7-5-6-16(14-18)15-32-22(26)17-10-12-24(13-11-17)33(28,29)20-9-4-3-8-19(20)23(27)31-2/h3-9,14,17H,10-13,15H2,1-2H3. The van der Waals surface area contributed by atoms with Crippen LogP contribution >= 0.6 is 0 Å². The van der Waals surface area contributed by atoms with E-state index in [-0.39, 0.29) is 30.2 Å². The van der Waals surface area contributed by atoms with Crippen LogP contribution in [0.3, 0.4) is 0 Å². The molecule has 1 aliphatic heterocycles. The quantitative estimate of drug-likeness (QED) is 0.443. The molecule has 0 N–H and O–H groups in total. The van der Waals surface area contributed by atoms with E-state index in [0.717, 1.165) is 0 Å². The maximum absolute atomic E-state index is 13.1. The lowest BCUT2D eigenvalue weighted by Gasteiger charge is -2.30. The van der Waals surface area contributed by atoms with Gasteiger partial charge in [-0.1, -0.05) is 24.3 Å². The summed E-state index contributed by atoms with van der Waals surface area (Å²) < 4.78 is 42.2. The highest BCUT2D eigenvalue weighted by atomic mass is 32.2. The van der Waals surface area contributed by atoms with Gasteiger partial charge in [0.25, 0.3) is 0 Å². The predicted octanol–water partition coefficient (Wildman–Crippen LogP) is 2.40. The van der Waals surface area contributed by atoms with Crippen molar-refractivity contribution in [2.45, 2.75) is 24.3 Å². The predicted molar refractivity (Wildman–Crippen MR) is 117 cm³/mol. The van der Waals surface area contributed by atoms with Crippen LogP contribution in [0.2, 0.25) is 0 Å². The number of carbonyl (C=O) groups is 3. The average molecular weight is 476 g/mol. The summed E-state index contributed by atoms with van der Waals surface area (Å²) in [5.41, 5.74) is 0.971. The summed E-state index contributed by atoms with van der Waals surface area (Å²) in [6.45, 7) is 0.236. The third-order valence-electron chi connectivity index (χ3n) is 5.43. The number of piperidine rings is 1. The molecule has 2 aromatic carbocycles. The molecular weight excluding hydrogens is 450 g/mol. The number of hydrogen-bond acceptors (Lipinski definition) is 8. The molecule has 1 fully saturated rings. The van der Waals surface area contributed by atoms with E-state index in [1.165, 1.54) is 30.7 Å². The van der Waals surface area contributed by atoms with E-state index in [1.54, 1.807) is 36.4 Å². The summed E-state index contributed by atoms with van der Waals surface area (Å²) in [5.74, 6) is -2.09. The van der Waals surface area contributed by atoms with Crippen molar-refractivity contribution in [1.29, 1.82) is 0 Å². The maximum atomic E-state index is 13.1. The Balaban J connectivity index is 1.60. The monoisotopic (exact) mass is 475 g/mol. The molecular formula is C23H25NO8S. The first kappa shape index (κ1) is 24.4. The first-order valence-electron chi connectivity index (χ1n) is 10.3. The summed E-state index contributed by atoms with van der Waals surface area (Å²) in [4.78, 5) is 36.0. The summed E-state index contributed by atoms with van der Waals surface area (Å²) in [6, 6.07) is 12.5. The lowest BCUT2D eigenvalue weighted by Crippen LogP contribution is -2.41. The number of hydrogen-bond donors (Lipinski definition) is 0. The molecule has 3 rings (SSSR count). The molecule has 0 atom stereocenters. The normalized spacial score (nSPS) is 15.0. The Morgan fingerprint density at radius 1 is 0.939 bits per heavy atom. The van der Waals surface area contributed by atoms with Gasteiger partial charge in [0.05, 0.1) is 36.2 Å². The second kappa shape index (κ2) is 10.6. The van der Waals surface area contributed by atoms with Crippen molar-refractivity contribution < 1.29 is 37.0 Å². The number of benzene rings is 2. The molecule has 1 aliphatic rings. The SMILES string of the molecule is COC(=O)c1cccc(COC(=O)C2CCN(S(=O)(=O)c3ccccc3C(=O)OC)CC2)c1. The van der Waals surface area contributed by atoms with Crippen LogP contribution in [0.15, 0.2) is 53.4 Å². The summed E-state index contributed by atoms with van der Waals surface area (Å²) in [6.07, 6.45) is 0.585. The zero-order chi connectivity index (χ0) is 24.0. The molecule has 0 amide bonds. The molecule has 1 saturated heterocycles. The Kier molecular flexibility index (Phi) is 7.83. The summed E-state index contributed by atoms with van der Waals surface area (Å²) in [5, 5.41) is 0. The van der Waals surface area contributed by atoms with Gasteiger partial charge in [-0.05, 0) is 42.7 Å². The number of ether oxygens (including phenoxy) is 3. The minimum atomic E-state index is -3.93. The molecule has 0 radical (unpaired) electrons. The number of methoxy groups -OCH3 is 2. The molecule has 9 nitrogen and oxygen atoms in total. The van der Waals surface area contributed by atoms with Gasteiger partial charge in [0.15, 0.2) is 0 Å². The van der Waals surface area contributed by atoms with Crippen LogP contribution < -0.4 is 0 Å². The van der Waals surface area contributed by atoms with E-state index in [2.05, 4.69) is 9.47 Å². The largest absolute Gasteiger partial charge is 0.465 e. The van der Waals surface area contributed by atoms with E-state index in [1.807, 2.05) is 0 Å². The highest BCUT2D eigenvalue weighted by molar-refractivity contribution is 7.89. The fraction of sp³-hybridized carbons (Fsp3) is 0.348. The molecule has 2 aromatic rings. The van der Waals surface area contributed by atoms with Crippen molar-refractivity contribution in [3.63, 3.8) is 0 Å². The Bertz CT molecular complexity index is 1140. The second-order valence-electron chi connectivity index (χ2n) is 7.47. The van der Waals surface area contributed by atoms with Crippen molar-refractivity contribution in [1.82, 2.24) is 4.31 Å². The van der Waals surface area contributed by atoms with Crippen LogP contribution in [0.4, 0.5) is 0 Å². The van der Waals surface area contributed by atoms with Gasteiger partial charge in [0, 0.05) is 13.1 Å². The van der Waals surface area contributed by atoms with Gasteiger partial charge in [-0.2, -0.15) is 4.31 Å². The average Bonchev–Trinajstić information content (AvgIpc) is 2.86. The fourth-order valence-corrected chi connectivity index (χ4v) is 5.27. The van der Waals surface area contributed by atoms with E-state index < -0.39 is 33.8 Å². The molecule has 0 aromatic heterocycles. The van der Waals surface area contributed by atoms with Gasteiger partial charge in [-0.25, -0.2) is 18.0 Å². The number of nitrogens with zero attached hydrogens (tertiary/aromatic N) is 1. The topological polar surface area (TPSA) is 116 Å². The van der Waals surface area contributed by atoms with E-state index in [4.69, 9.17) is 4.74 Å². The Morgan fingerprint density at radius 2 is 1.61 bits per heavy atom. The maximum Gasteiger partial charge on any atom is 0.339 e. The first-order chi connectivity index (χ1) is 15.8. The van der Waals surface area contributed by atoms with E-state index in [9.17, 15) is 22.8 Å². The molecule has 176 valence electrons. The summed E-state index contributed by atoms with van der Waals surface area (Å²) in [7, 11) is -1.45. The number of rotatable bonds is 7. The van der Waals surface area contributed by atoms with Crippen LogP contribution in [-0.4, -0.2) is 57.9 Å². The van der Waals surface area contributed by atoms with E-state index in [0.29, 0.717) is 24.0 Å². The van der Waals surface area contributed by atoms with Gasteiger partial charge >= 0.3 is 17.9 Å². The smallest absolute Gasteiger partial charge is 0.339 e. The molecule has 33 heavy (non-hydrogen) atoms. The Hall–Kier alpha value is -3.24. The van der Waals surface area contributed by atoms with Gasteiger partial charge < -0.3 is 14.2 Å². The van der Waals surface area contributed by atoms with Crippen molar-refractivity contribution in [2.24, 2.45) is 5.92 Å². The molecule has 10 heteroatoms. The van der Waals surface area contributed by atoms with Crippen molar-refractivity contribution in [2.75, 3.05) is 27.3 Å². The van der Waals surface area contributed by atoms with Crippen LogP contribution in [0.25, 0.3) is 0 Å². The van der Waals surface area contributed by atoms with Gasteiger partial charge in [-0.15, -0.1) is 0 Å². The fourth-order valence-electron chi connectivity index (χ4n) is 3.62. The van der Waals surface area contributed by atoms with Crippen LogP contribution in [0, 0.1) is 5.92 Å². The minimum absolute atomic E-state index is 0.00527.